The van der Waals surface area contributed by atoms with Crippen LogP contribution in [0.25, 0.3) is 0 Å². The van der Waals surface area contributed by atoms with E-state index >= 15 is 0 Å². The summed E-state index contributed by atoms with van der Waals surface area (Å²) >= 11 is 0. The fourth-order valence-electron chi connectivity index (χ4n) is 4.28. The smallest absolute Gasteiger partial charge is 0.229 e. The second-order valence-corrected chi connectivity index (χ2v) is 8.12. The van der Waals surface area contributed by atoms with E-state index in [1.807, 2.05) is 4.90 Å². The zero-order valence-corrected chi connectivity index (χ0v) is 17.0. The molecule has 2 aromatic carbocycles. The minimum Gasteiger partial charge on any atom is -0.368 e. The summed E-state index contributed by atoms with van der Waals surface area (Å²) in [5.74, 6) is 0.193. The Morgan fingerprint density at radius 1 is 0.929 bits per heavy atom. The molecule has 2 saturated heterocycles. The van der Waals surface area contributed by atoms with Crippen molar-refractivity contribution in [3.05, 3.63) is 64.7 Å². The Kier molecular flexibility index (Phi) is 5.38. The van der Waals surface area contributed by atoms with E-state index < -0.39 is 0 Å². The van der Waals surface area contributed by atoms with Crippen molar-refractivity contribution >= 4 is 11.6 Å². The zero-order chi connectivity index (χ0) is 19.7. The summed E-state index contributed by atoms with van der Waals surface area (Å²) in [7, 11) is 0. The molecule has 0 aromatic heterocycles. The molecule has 1 amide bonds. The summed E-state index contributed by atoms with van der Waals surface area (Å²) in [6, 6.07) is 15.1. The SMILES string of the molecule is Cc1ccc(C2NNCC2C(=O)N2CCN(c3cc(C)ccc3C)CC2)cc1. The highest BCUT2D eigenvalue weighted by Crippen LogP contribution is 2.28. The van der Waals surface area contributed by atoms with Gasteiger partial charge in [-0.05, 0) is 43.5 Å². The average Bonchev–Trinajstić information content (AvgIpc) is 3.20. The molecule has 4 rings (SSSR count). The van der Waals surface area contributed by atoms with Gasteiger partial charge in [-0.1, -0.05) is 42.0 Å². The van der Waals surface area contributed by atoms with Crippen molar-refractivity contribution in [1.82, 2.24) is 15.8 Å². The second kappa shape index (κ2) is 7.94. The highest BCUT2D eigenvalue weighted by molar-refractivity contribution is 5.81. The van der Waals surface area contributed by atoms with Crippen LogP contribution < -0.4 is 15.8 Å². The molecule has 2 fully saturated rings. The highest BCUT2D eigenvalue weighted by Gasteiger charge is 2.37. The molecule has 0 spiro atoms. The molecular formula is C23H30N4O. The van der Waals surface area contributed by atoms with Crippen molar-refractivity contribution in [1.29, 1.82) is 0 Å². The molecule has 2 atom stereocenters. The Morgan fingerprint density at radius 3 is 2.32 bits per heavy atom. The molecule has 2 N–H and O–H groups in total. The number of hydrogen-bond donors (Lipinski definition) is 2. The van der Waals surface area contributed by atoms with Gasteiger partial charge in [-0.3, -0.25) is 10.2 Å². The summed E-state index contributed by atoms with van der Waals surface area (Å²) in [4.78, 5) is 17.7. The summed E-state index contributed by atoms with van der Waals surface area (Å²) in [5.41, 5.74) is 12.8. The van der Waals surface area contributed by atoms with Crippen LogP contribution in [0, 0.1) is 26.7 Å². The monoisotopic (exact) mass is 378 g/mol. The number of aryl methyl sites for hydroxylation is 3. The van der Waals surface area contributed by atoms with Crippen LogP contribution >= 0.6 is 0 Å². The number of hydrazine groups is 1. The number of carbonyl (C=O) groups excluding carboxylic acids is 1. The van der Waals surface area contributed by atoms with Crippen molar-refractivity contribution in [2.45, 2.75) is 26.8 Å². The fourth-order valence-corrected chi connectivity index (χ4v) is 4.28. The van der Waals surface area contributed by atoms with Gasteiger partial charge in [-0.15, -0.1) is 0 Å². The summed E-state index contributed by atoms with van der Waals surface area (Å²) < 4.78 is 0. The van der Waals surface area contributed by atoms with Gasteiger partial charge in [-0.25, -0.2) is 5.43 Å². The lowest BCUT2D eigenvalue weighted by Crippen LogP contribution is -2.51. The van der Waals surface area contributed by atoms with E-state index in [4.69, 9.17) is 0 Å². The quantitative estimate of drug-likeness (QED) is 0.862. The molecule has 2 aliphatic heterocycles. The largest absolute Gasteiger partial charge is 0.368 e. The van der Waals surface area contributed by atoms with Gasteiger partial charge in [-0.2, -0.15) is 0 Å². The molecule has 2 unspecified atom stereocenters. The fraction of sp³-hybridized carbons (Fsp3) is 0.435. The van der Waals surface area contributed by atoms with E-state index in [1.165, 1.54) is 27.9 Å². The lowest BCUT2D eigenvalue weighted by atomic mass is 9.93. The second-order valence-electron chi connectivity index (χ2n) is 8.12. The first kappa shape index (κ1) is 19.0. The van der Waals surface area contributed by atoms with Crippen molar-refractivity contribution in [2.24, 2.45) is 5.92 Å². The highest BCUT2D eigenvalue weighted by atomic mass is 16.2. The summed E-state index contributed by atoms with van der Waals surface area (Å²) in [6.45, 7) is 10.4. The Morgan fingerprint density at radius 2 is 1.61 bits per heavy atom. The Bertz CT molecular complexity index is 840. The van der Waals surface area contributed by atoms with Crippen molar-refractivity contribution < 1.29 is 4.79 Å². The van der Waals surface area contributed by atoms with Gasteiger partial charge in [0.1, 0.15) is 0 Å². The third kappa shape index (κ3) is 3.77. The van der Waals surface area contributed by atoms with Crippen LogP contribution in [-0.2, 0) is 4.79 Å². The Hall–Kier alpha value is -2.37. The number of carbonyl (C=O) groups is 1. The van der Waals surface area contributed by atoms with E-state index in [2.05, 4.69) is 79.0 Å². The third-order valence-electron chi connectivity index (χ3n) is 6.03. The van der Waals surface area contributed by atoms with Gasteiger partial charge >= 0.3 is 0 Å². The van der Waals surface area contributed by atoms with Crippen molar-refractivity contribution in [3.63, 3.8) is 0 Å². The normalized spacial score (nSPS) is 22.5. The maximum atomic E-state index is 13.2. The van der Waals surface area contributed by atoms with Gasteiger partial charge in [0.15, 0.2) is 0 Å². The molecule has 2 aromatic rings. The van der Waals surface area contributed by atoms with Crippen LogP contribution in [-0.4, -0.2) is 43.5 Å². The first-order valence-corrected chi connectivity index (χ1v) is 10.2. The minimum absolute atomic E-state index is 0.0325. The topological polar surface area (TPSA) is 47.6 Å². The van der Waals surface area contributed by atoms with E-state index in [1.54, 1.807) is 0 Å². The predicted octanol–water partition coefficient (Wildman–Crippen LogP) is 2.73. The first-order valence-electron chi connectivity index (χ1n) is 10.2. The maximum absolute atomic E-state index is 13.2. The number of anilines is 1. The number of amides is 1. The lowest BCUT2D eigenvalue weighted by molar-refractivity contribution is -0.135. The van der Waals surface area contributed by atoms with E-state index in [0.29, 0.717) is 6.54 Å². The van der Waals surface area contributed by atoms with Gasteiger partial charge in [0.2, 0.25) is 5.91 Å². The van der Waals surface area contributed by atoms with Crippen molar-refractivity contribution in [2.75, 3.05) is 37.6 Å². The molecular weight excluding hydrogens is 348 g/mol. The third-order valence-corrected chi connectivity index (χ3v) is 6.03. The molecule has 5 heteroatoms. The van der Waals surface area contributed by atoms with E-state index in [-0.39, 0.29) is 17.9 Å². The summed E-state index contributed by atoms with van der Waals surface area (Å²) in [6.07, 6.45) is 0. The number of rotatable bonds is 3. The molecule has 5 nitrogen and oxygen atoms in total. The van der Waals surface area contributed by atoms with Crippen LogP contribution in [0.4, 0.5) is 5.69 Å². The molecule has 0 aliphatic carbocycles. The molecule has 28 heavy (non-hydrogen) atoms. The lowest BCUT2D eigenvalue weighted by Gasteiger charge is -2.38. The number of nitrogens with one attached hydrogen (secondary N) is 2. The zero-order valence-electron chi connectivity index (χ0n) is 17.0. The van der Waals surface area contributed by atoms with E-state index in [9.17, 15) is 4.79 Å². The minimum atomic E-state index is -0.0602. The summed E-state index contributed by atoms with van der Waals surface area (Å²) in [5, 5.41) is 0. The van der Waals surface area contributed by atoms with Gasteiger partial charge in [0.25, 0.3) is 0 Å². The first-order chi connectivity index (χ1) is 13.5. The van der Waals surface area contributed by atoms with Gasteiger partial charge < -0.3 is 9.80 Å². The molecule has 2 aliphatic rings. The Labute approximate surface area is 167 Å². The maximum Gasteiger partial charge on any atom is 0.229 e. The van der Waals surface area contributed by atoms with Crippen molar-refractivity contribution in [3.8, 4) is 0 Å². The molecule has 2 heterocycles. The van der Waals surface area contributed by atoms with Crippen LogP contribution in [0.5, 0.6) is 0 Å². The number of benzene rings is 2. The van der Waals surface area contributed by atoms with Crippen LogP contribution in [0.2, 0.25) is 0 Å². The molecule has 0 radical (unpaired) electrons. The number of nitrogens with zero attached hydrogens (tertiary/aromatic N) is 2. The van der Waals surface area contributed by atoms with Crippen LogP contribution in [0.3, 0.4) is 0 Å². The predicted molar refractivity (Wildman–Crippen MR) is 113 cm³/mol. The standard InChI is InChI=1S/C23H30N4O/c1-16-5-8-19(9-6-16)22-20(15-24-25-22)23(28)27-12-10-26(11-13-27)21-14-17(2)4-7-18(21)3/h4-9,14,20,22,24-25H,10-13,15H2,1-3H3. The Balaban J connectivity index is 1.42. The average molecular weight is 379 g/mol. The van der Waals surface area contributed by atoms with Crippen LogP contribution in [0.15, 0.2) is 42.5 Å². The molecule has 0 bridgehead atoms. The molecule has 148 valence electrons. The van der Waals surface area contributed by atoms with Gasteiger partial charge in [0, 0.05) is 38.4 Å². The van der Waals surface area contributed by atoms with E-state index in [0.717, 1.165) is 26.2 Å². The van der Waals surface area contributed by atoms with Gasteiger partial charge in [0.05, 0.1) is 12.0 Å². The van der Waals surface area contributed by atoms with Crippen LogP contribution in [0.1, 0.15) is 28.3 Å². The molecule has 0 saturated carbocycles. The number of hydrogen-bond acceptors (Lipinski definition) is 4. The number of piperazine rings is 1.